The second-order valence-corrected chi connectivity index (χ2v) is 3.07. The van der Waals surface area contributed by atoms with E-state index in [1.54, 1.807) is 6.07 Å². The van der Waals surface area contributed by atoms with E-state index in [1.165, 1.54) is 12.3 Å². The standard InChI is InChI=1S/C9H12F2N2O/c1-9(10,11)6-14-8-3-2-7(4-12)5-13-8/h2-3,5H,4,6,12H2,1H3. The van der Waals surface area contributed by atoms with Gasteiger partial charge in [0.15, 0.2) is 6.61 Å². The van der Waals surface area contributed by atoms with Gasteiger partial charge in [-0.05, 0) is 5.56 Å². The summed E-state index contributed by atoms with van der Waals surface area (Å²) in [5.41, 5.74) is 6.18. The molecule has 0 unspecified atom stereocenters. The van der Waals surface area contributed by atoms with Crippen LogP contribution >= 0.6 is 0 Å². The van der Waals surface area contributed by atoms with E-state index in [2.05, 4.69) is 4.98 Å². The molecule has 1 aromatic heterocycles. The molecule has 5 heteroatoms. The molecule has 0 bridgehead atoms. The quantitative estimate of drug-likeness (QED) is 0.806. The summed E-state index contributed by atoms with van der Waals surface area (Å²) < 4.78 is 29.5. The summed E-state index contributed by atoms with van der Waals surface area (Å²) in [5.74, 6) is -2.66. The van der Waals surface area contributed by atoms with Gasteiger partial charge in [0.2, 0.25) is 5.88 Å². The van der Waals surface area contributed by atoms with Crippen LogP contribution in [-0.4, -0.2) is 17.5 Å². The highest BCUT2D eigenvalue weighted by Crippen LogP contribution is 2.14. The minimum absolute atomic E-state index is 0.184. The van der Waals surface area contributed by atoms with E-state index in [-0.39, 0.29) is 5.88 Å². The molecule has 0 aliphatic heterocycles. The van der Waals surface area contributed by atoms with Gasteiger partial charge in [0.05, 0.1) is 0 Å². The van der Waals surface area contributed by atoms with Crippen LogP contribution in [0.25, 0.3) is 0 Å². The molecule has 1 rings (SSSR count). The van der Waals surface area contributed by atoms with Gasteiger partial charge in [-0.2, -0.15) is 0 Å². The molecule has 0 amide bonds. The van der Waals surface area contributed by atoms with Crippen molar-refractivity contribution in [1.29, 1.82) is 0 Å². The highest BCUT2D eigenvalue weighted by Gasteiger charge is 2.22. The predicted octanol–water partition coefficient (Wildman–Crippen LogP) is 1.57. The van der Waals surface area contributed by atoms with Crippen LogP contribution in [0.3, 0.4) is 0 Å². The Morgan fingerprint density at radius 3 is 2.64 bits per heavy atom. The molecule has 0 aliphatic carbocycles. The molecule has 0 aromatic carbocycles. The van der Waals surface area contributed by atoms with E-state index < -0.39 is 12.5 Å². The van der Waals surface area contributed by atoms with Crippen LogP contribution in [-0.2, 0) is 6.54 Å². The molecule has 1 aromatic rings. The summed E-state index contributed by atoms with van der Waals surface area (Å²) in [6, 6.07) is 3.21. The van der Waals surface area contributed by atoms with Gasteiger partial charge in [0.25, 0.3) is 5.92 Å². The van der Waals surface area contributed by atoms with Crippen molar-refractivity contribution in [2.24, 2.45) is 5.73 Å². The third kappa shape index (κ3) is 3.66. The van der Waals surface area contributed by atoms with Crippen molar-refractivity contribution in [3.05, 3.63) is 23.9 Å². The minimum atomic E-state index is -2.84. The maximum absolute atomic E-state index is 12.4. The fraction of sp³-hybridized carbons (Fsp3) is 0.444. The third-order valence-electron chi connectivity index (χ3n) is 1.51. The third-order valence-corrected chi connectivity index (χ3v) is 1.51. The highest BCUT2D eigenvalue weighted by atomic mass is 19.3. The first-order valence-electron chi connectivity index (χ1n) is 4.17. The lowest BCUT2D eigenvalue weighted by molar-refractivity contribution is -0.0242. The first-order chi connectivity index (χ1) is 6.51. The van der Waals surface area contributed by atoms with E-state index in [9.17, 15) is 8.78 Å². The largest absolute Gasteiger partial charge is 0.471 e. The zero-order valence-electron chi connectivity index (χ0n) is 7.84. The molecule has 0 radical (unpaired) electrons. The minimum Gasteiger partial charge on any atom is -0.471 e. The van der Waals surface area contributed by atoms with Crippen molar-refractivity contribution >= 4 is 0 Å². The number of aromatic nitrogens is 1. The van der Waals surface area contributed by atoms with Gasteiger partial charge in [0.1, 0.15) is 0 Å². The molecule has 1 heterocycles. The number of pyridine rings is 1. The van der Waals surface area contributed by atoms with Gasteiger partial charge in [-0.3, -0.25) is 0 Å². The molecule has 0 atom stereocenters. The zero-order valence-corrected chi connectivity index (χ0v) is 7.84. The lowest BCUT2D eigenvalue weighted by Gasteiger charge is -2.11. The Bertz CT molecular complexity index is 282. The molecule has 0 aliphatic rings. The van der Waals surface area contributed by atoms with Crippen LogP contribution in [0.2, 0.25) is 0 Å². The Morgan fingerprint density at radius 2 is 2.21 bits per heavy atom. The summed E-state index contributed by atoms with van der Waals surface area (Å²) in [7, 11) is 0. The SMILES string of the molecule is CC(F)(F)COc1ccc(CN)cn1. The van der Waals surface area contributed by atoms with Gasteiger partial charge >= 0.3 is 0 Å². The summed E-state index contributed by atoms with van der Waals surface area (Å²) in [6.45, 7) is 0.500. The summed E-state index contributed by atoms with van der Waals surface area (Å²) in [6.07, 6.45) is 1.50. The van der Waals surface area contributed by atoms with E-state index in [0.29, 0.717) is 6.54 Å². The number of ether oxygens (including phenoxy) is 1. The van der Waals surface area contributed by atoms with Gasteiger partial charge in [-0.25, -0.2) is 13.8 Å². The smallest absolute Gasteiger partial charge is 0.278 e. The molecule has 0 spiro atoms. The summed E-state index contributed by atoms with van der Waals surface area (Å²) in [4.78, 5) is 3.82. The maximum Gasteiger partial charge on any atom is 0.278 e. The number of nitrogens with zero attached hydrogens (tertiary/aromatic N) is 1. The van der Waals surface area contributed by atoms with E-state index in [1.807, 2.05) is 0 Å². The Kier molecular flexibility index (Phi) is 3.35. The van der Waals surface area contributed by atoms with Gasteiger partial charge in [-0.1, -0.05) is 6.07 Å². The second-order valence-electron chi connectivity index (χ2n) is 3.07. The van der Waals surface area contributed by atoms with Crippen molar-refractivity contribution in [3.63, 3.8) is 0 Å². The van der Waals surface area contributed by atoms with Crippen LogP contribution in [0.4, 0.5) is 8.78 Å². The van der Waals surface area contributed by atoms with Crippen molar-refractivity contribution in [2.75, 3.05) is 6.61 Å². The number of halogens is 2. The molecule has 2 N–H and O–H groups in total. The summed E-state index contributed by atoms with van der Waals surface area (Å²) in [5, 5.41) is 0. The van der Waals surface area contributed by atoms with Gasteiger partial charge < -0.3 is 10.5 Å². The van der Waals surface area contributed by atoms with Crippen LogP contribution in [0, 0.1) is 0 Å². The summed E-state index contributed by atoms with van der Waals surface area (Å²) >= 11 is 0. The van der Waals surface area contributed by atoms with Crippen molar-refractivity contribution in [2.45, 2.75) is 19.4 Å². The fourth-order valence-corrected chi connectivity index (χ4v) is 0.818. The van der Waals surface area contributed by atoms with Gasteiger partial charge in [0, 0.05) is 25.7 Å². The van der Waals surface area contributed by atoms with Crippen LogP contribution in [0.5, 0.6) is 5.88 Å². The Balaban J connectivity index is 2.52. The predicted molar refractivity (Wildman–Crippen MR) is 48.2 cm³/mol. The average molecular weight is 202 g/mol. The van der Waals surface area contributed by atoms with Gasteiger partial charge in [-0.15, -0.1) is 0 Å². The van der Waals surface area contributed by atoms with E-state index in [0.717, 1.165) is 12.5 Å². The number of alkyl halides is 2. The molecule has 78 valence electrons. The molecule has 0 fully saturated rings. The van der Waals surface area contributed by atoms with Crippen molar-refractivity contribution in [3.8, 4) is 5.88 Å². The first-order valence-corrected chi connectivity index (χ1v) is 4.17. The maximum atomic E-state index is 12.4. The Hall–Kier alpha value is -1.23. The van der Waals surface area contributed by atoms with Crippen LogP contribution < -0.4 is 10.5 Å². The zero-order chi connectivity index (χ0) is 10.6. The van der Waals surface area contributed by atoms with Crippen molar-refractivity contribution in [1.82, 2.24) is 4.98 Å². The lowest BCUT2D eigenvalue weighted by Crippen LogP contribution is -2.21. The molecular weight excluding hydrogens is 190 g/mol. The lowest BCUT2D eigenvalue weighted by atomic mass is 10.3. The molecule has 3 nitrogen and oxygen atoms in total. The second kappa shape index (κ2) is 4.32. The molecule has 14 heavy (non-hydrogen) atoms. The van der Waals surface area contributed by atoms with E-state index >= 15 is 0 Å². The molecule has 0 saturated carbocycles. The number of rotatable bonds is 4. The Morgan fingerprint density at radius 1 is 1.50 bits per heavy atom. The first kappa shape index (κ1) is 10.8. The van der Waals surface area contributed by atoms with Crippen LogP contribution in [0.1, 0.15) is 12.5 Å². The highest BCUT2D eigenvalue weighted by molar-refractivity contribution is 5.17. The van der Waals surface area contributed by atoms with Crippen molar-refractivity contribution < 1.29 is 13.5 Å². The van der Waals surface area contributed by atoms with E-state index in [4.69, 9.17) is 10.5 Å². The Labute approximate surface area is 80.9 Å². The average Bonchev–Trinajstić information content (AvgIpc) is 2.14. The topological polar surface area (TPSA) is 48.1 Å². The van der Waals surface area contributed by atoms with Crippen LogP contribution in [0.15, 0.2) is 18.3 Å². The number of hydrogen-bond acceptors (Lipinski definition) is 3. The number of nitrogens with two attached hydrogens (primary N) is 1. The fourth-order valence-electron chi connectivity index (χ4n) is 0.818. The molecule has 0 saturated heterocycles. The number of hydrogen-bond donors (Lipinski definition) is 1. The molecular formula is C9H12F2N2O. The monoisotopic (exact) mass is 202 g/mol. The normalized spacial score (nSPS) is 11.4.